The minimum absolute atomic E-state index is 0.000200. The molecule has 2 aromatic rings. The van der Waals surface area contributed by atoms with E-state index in [0.29, 0.717) is 43.4 Å². The van der Waals surface area contributed by atoms with Gasteiger partial charge in [-0.1, -0.05) is 67.3 Å². The second-order valence-corrected chi connectivity index (χ2v) is 12.2. The number of hydrogen-bond donors (Lipinski definition) is 3. The average molecular weight is 565 g/mol. The van der Waals surface area contributed by atoms with Gasteiger partial charge in [-0.15, -0.1) is 0 Å². The number of carbonyl (C=O) groups excluding carboxylic acids is 3. The van der Waals surface area contributed by atoms with Crippen LogP contribution in [0.1, 0.15) is 68.6 Å². The number of benzene rings is 2. The molecule has 2 atom stereocenters. The Labute approximate surface area is 242 Å². The van der Waals surface area contributed by atoms with E-state index < -0.39 is 12.1 Å². The molecule has 2 unspecified atom stereocenters. The van der Waals surface area contributed by atoms with Crippen LogP contribution < -0.4 is 16.0 Å². The van der Waals surface area contributed by atoms with Crippen LogP contribution in [0.25, 0.3) is 0 Å². The number of halogens is 1. The molecule has 3 amide bonds. The van der Waals surface area contributed by atoms with Gasteiger partial charge in [0, 0.05) is 43.5 Å². The standard InChI is InChI=1S/C32H41ClN4O3/c1-22(38)36-32(26-9-3-2-4-10-26)15-17-37(18-16-32)31(40)29(19-23-11-13-27(33)14-12-23)35-30(39)28-20-24-7-5-6-8-25(24)21-34-28/h5-8,11-14,26,28-29,34H,2-4,9-10,15-21H2,1H3,(H,35,39)(H,36,38). The largest absolute Gasteiger partial charge is 0.350 e. The maximum Gasteiger partial charge on any atom is 0.245 e. The molecule has 1 saturated heterocycles. The summed E-state index contributed by atoms with van der Waals surface area (Å²) < 4.78 is 0. The summed E-state index contributed by atoms with van der Waals surface area (Å²) in [5, 5.41) is 10.4. The first-order chi connectivity index (χ1) is 19.3. The first kappa shape index (κ1) is 28.6. The number of carbonyl (C=O) groups is 3. The van der Waals surface area contributed by atoms with Crippen molar-refractivity contribution in [1.29, 1.82) is 0 Å². The third kappa shape index (κ3) is 6.69. The lowest BCUT2D eigenvalue weighted by Gasteiger charge is -2.48. The average Bonchev–Trinajstić information content (AvgIpc) is 2.98. The highest BCUT2D eigenvalue weighted by molar-refractivity contribution is 6.30. The molecule has 2 aromatic carbocycles. The van der Waals surface area contributed by atoms with Gasteiger partial charge in [0.1, 0.15) is 6.04 Å². The molecule has 0 aromatic heterocycles. The summed E-state index contributed by atoms with van der Waals surface area (Å²) in [6.45, 7) is 3.36. The van der Waals surface area contributed by atoms with E-state index in [1.54, 1.807) is 6.92 Å². The maximum absolute atomic E-state index is 14.0. The highest BCUT2D eigenvalue weighted by Gasteiger charge is 2.44. The molecule has 5 rings (SSSR count). The summed E-state index contributed by atoms with van der Waals surface area (Å²) in [7, 11) is 0. The first-order valence-corrected chi connectivity index (χ1v) is 15.1. The van der Waals surface area contributed by atoms with Gasteiger partial charge in [-0.05, 0) is 66.8 Å². The summed E-state index contributed by atoms with van der Waals surface area (Å²) in [5.41, 5.74) is 3.05. The Morgan fingerprint density at radius 2 is 1.68 bits per heavy atom. The van der Waals surface area contributed by atoms with E-state index in [2.05, 4.69) is 28.1 Å². The van der Waals surface area contributed by atoms with Crippen LogP contribution in [0.4, 0.5) is 0 Å². The lowest BCUT2D eigenvalue weighted by Crippen LogP contribution is -2.62. The quantitative estimate of drug-likeness (QED) is 0.471. The molecule has 1 aliphatic carbocycles. The summed E-state index contributed by atoms with van der Waals surface area (Å²) in [4.78, 5) is 41.5. The van der Waals surface area contributed by atoms with Crippen molar-refractivity contribution in [2.24, 2.45) is 5.92 Å². The van der Waals surface area contributed by atoms with E-state index in [4.69, 9.17) is 11.6 Å². The number of rotatable bonds is 7. The van der Waals surface area contributed by atoms with E-state index >= 15 is 0 Å². The monoisotopic (exact) mass is 564 g/mol. The SMILES string of the molecule is CC(=O)NC1(C2CCCCC2)CCN(C(=O)C(Cc2ccc(Cl)cc2)NC(=O)C2Cc3ccccc3CN2)CC1. The Morgan fingerprint density at radius 1 is 1.00 bits per heavy atom. The summed E-state index contributed by atoms with van der Waals surface area (Å²) >= 11 is 6.10. The summed E-state index contributed by atoms with van der Waals surface area (Å²) in [6.07, 6.45) is 8.37. The molecular formula is C32H41ClN4O3. The summed E-state index contributed by atoms with van der Waals surface area (Å²) in [5.74, 6) is 0.222. The van der Waals surface area contributed by atoms with Crippen molar-refractivity contribution < 1.29 is 14.4 Å². The predicted molar refractivity (Wildman–Crippen MR) is 157 cm³/mol. The van der Waals surface area contributed by atoms with Crippen LogP contribution in [-0.4, -0.2) is 53.3 Å². The Hall–Kier alpha value is -2.90. The van der Waals surface area contributed by atoms with Crippen LogP contribution in [0.5, 0.6) is 0 Å². The van der Waals surface area contributed by atoms with Crippen LogP contribution in [0.15, 0.2) is 48.5 Å². The van der Waals surface area contributed by atoms with Gasteiger partial charge in [-0.3, -0.25) is 14.4 Å². The highest BCUT2D eigenvalue weighted by Crippen LogP contribution is 2.39. The number of piperidine rings is 1. The van der Waals surface area contributed by atoms with Gasteiger partial charge in [0.05, 0.1) is 6.04 Å². The highest BCUT2D eigenvalue weighted by atomic mass is 35.5. The van der Waals surface area contributed by atoms with E-state index in [1.807, 2.05) is 41.3 Å². The normalized spacial score (nSPS) is 21.6. The zero-order chi connectivity index (χ0) is 28.1. The molecule has 1 saturated carbocycles. The lowest BCUT2D eigenvalue weighted by molar-refractivity contribution is -0.139. The molecule has 0 spiro atoms. The molecule has 2 fully saturated rings. The van der Waals surface area contributed by atoms with Crippen molar-refractivity contribution in [1.82, 2.24) is 20.9 Å². The lowest BCUT2D eigenvalue weighted by atomic mass is 9.69. The second-order valence-electron chi connectivity index (χ2n) is 11.8. The Balaban J connectivity index is 1.29. The third-order valence-corrected chi connectivity index (χ3v) is 9.40. The van der Waals surface area contributed by atoms with Crippen molar-refractivity contribution in [2.75, 3.05) is 13.1 Å². The van der Waals surface area contributed by atoms with E-state index in [-0.39, 0.29) is 23.3 Å². The van der Waals surface area contributed by atoms with Crippen molar-refractivity contribution in [3.8, 4) is 0 Å². The van der Waals surface area contributed by atoms with Crippen molar-refractivity contribution in [3.05, 3.63) is 70.2 Å². The fraction of sp³-hybridized carbons (Fsp3) is 0.531. The number of likely N-dealkylation sites (tertiary alicyclic amines) is 1. The van der Waals surface area contributed by atoms with E-state index in [1.165, 1.54) is 24.8 Å². The molecule has 2 heterocycles. The molecule has 40 heavy (non-hydrogen) atoms. The maximum atomic E-state index is 14.0. The number of fused-ring (bicyclic) bond motifs is 1. The van der Waals surface area contributed by atoms with Gasteiger partial charge in [-0.2, -0.15) is 0 Å². The van der Waals surface area contributed by atoms with Crippen LogP contribution in [-0.2, 0) is 33.8 Å². The topological polar surface area (TPSA) is 90.5 Å². The molecule has 7 nitrogen and oxygen atoms in total. The molecule has 2 aliphatic heterocycles. The molecule has 8 heteroatoms. The minimum atomic E-state index is -0.685. The van der Waals surface area contributed by atoms with E-state index in [9.17, 15) is 14.4 Å². The second kappa shape index (κ2) is 12.7. The first-order valence-electron chi connectivity index (χ1n) is 14.8. The van der Waals surface area contributed by atoms with Crippen molar-refractivity contribution in [3.63, 3.8) is 0 Å². The molecule has 3 aliphatic rings. The number of amides is 3. The molecule has 214 valence electrons. The van der Waals surface area contributed by atoms with Gasteiger partial charge >= 0.3 is 0 Å². The number of nitrogens with zero attached hydrogens (tertiary/aromatic N) is 1. The molecular weight excluding hydrogens is 524 g/mol. The third-order valence-electron chi connectivity index (χ3n) is 9.14. The zero-order valence-electron chi connectivity index (χ0n) is 23.4. The zero-order valence-corrected chi connectivity index (χ0v) is 24.1. The fourth-order valence-corrected chi connectivity index (χ4v) is 7.08. The Bertz CT molecular complexity index is 1200. The molecule has 3 N–H and O–H groups in total. The Kier molecular flexibility index (Phi) is 9.11. The summed E-state index contributed by atoms with van der Waals surface area (Å²) in [6, 6.07) is 14.5. The van der Waals surface area contributed by atoms with Crippen LogP contribution >= 0.6 is 11.6 Å². The number of nitrogens with one attached hydrogen (secondary N) is 3. The molecule has 0 radical (unpaired) electrons. The van der Waals surface area contributed by atoms with Crippen molar-refractivity contribution >= 4 is 29.3 Å². The predicted octanol–water partition coefficient (Wildman–Crippen LogP) is 4.16. The van der Waals surface area contributed by atoms with Crippen LogP contribution in [0.3, 0.4) is 0 Å². The minimum Gasteiger partial charge on any atom is -0.350 e. The van der Waals surface area contributed by atoms with Gasteiger partial charge in [0.2, 0.25) is 17.7 Å². The van der Waals surface area contributed by atoms with Gasteiger partial charge in [-0.25, -0.2) is 0 Å². The van der Waals surface area contributed by atoms with Gasteiger partial charge in [0.15, 0.2) is 0 Å². The van der Waals surface area contributed by atoms with Gasteiger partial charge in [0.25, 0.3) is 0 Å². The van der Waals surface area contributed by atoms with Crippen LogP contribution in [0, 0.1) is 5.92 Å². The van der Waals surface area contributed by atoms with Gasteiger partial charge < -0.3 is 20.9 Å². The molecule has 0 bridgehead atoms. The van der Waals surface area contributed by atoms with E-state index in [0.717, 1.165) is 36.8 Å². The Morgan fingerprint density at radius 3 is 2.35 bits per heavy atom. The smallest absolute Gasteiger partial charge is 0.245 e. The van der Waals surface area contributed by atoms with Crippen molar-refractivity contribution in [2.45, 2.75) is 88.9 Å². The number of hydrogen-bond acceptors (Lipinski definition) is 4. The fourth-order valence-electron chi connectivity index (χ4n) is 6.96. The van der Waals surface area contributed by atoms with Crippen LogP contribution in [0.2, 0.25) is 5.02 Å².